The van der Waals surface area contributed by atoms with Crippen molar-refractivity contribution in [3.8, 4) is 5.75 Å². The highest BCUT2D eigenvalue weighted by Gasteiger charge is 2.18. The van der Waals surface area contributed by atoms with E-state index in [9.17, 15) is 27.9 Å². The van der Waals surface area contributed by atoms with Crippen LogP contribution in [0, 0.1) is 5.41 Å². The minimum atomic E-state index is -3.67. The Bertz CT molecular complexity index is 1610. The van der Waals surface area contributed by atoms with Gasteiger partial charge in [0.15, 0.2) is 0 Å². The lowest BCUT2D eigenvalue weighted by molar-refractivity contribution is -0.136. The van der Waals surface area contributed by atoms with E-state index in [0.717, 1.165) is 48.4 Å². The molecule has 13 heteroatoms. The summed E-state index contributed by atoms with van der Waals surface area (Å²) in [6.45, 7) is 0.0657. The van der Waals surface area contributed by atoms with Gasteiger partial charge in [-0.3, -0.25) is 19.6 Å². The van der Waals surface area contributed by atoms with Crippen LogP contribution in [0.15, 0.2) is 64.1 Å². The normalized spacial score (nSPS) is 13.0. The number of aliphatic carboxylic acids is 1. The van der Waals surface area contributed by atoms with Crippen LogP contribution in [0.4, 0.5) is 0 Å². The van der Waals surface area contributed by atoms with Crippen molar-refractivity contribution in [2.24, 2.45) is 5.73 Å². The number of carboxylic acids is 1. The highest BCUT2D eigenvalue weighted by Crippen LogP contribution is 2.29. The van der Waals surface area contributed by atoms with Gasteiger partial charge in [0.25, 0.3) is 10.1 Å². The predicted molar refractivity (Wildman–Crippen MR) is 155 cm³/mol. The van der Waals surface area contributed by atoms with Gasteiger partial charge in [0, 0.05) is 12.0 Å². The summed E-state index contributed by atoms with van der Waals surface area (Å²) in [5.41, 5.74) is 7.90. The maximum absolute atomic E-state index is 12.6. The van der Waals surface area contributed by atoms with Crippen LogP contribution in [0.25, 0.3) is 10.8 Å². The number of benzene rings is 2. The molecule has 1 aliphatic rings. The van der Waals surface area contributed by atoms with Gasteiger partial charge in [-0.15, -0.1) is 0 Å². The van der Waals surface area contributed by atoms with Gasteiger partial charge in [-0.1, -0.05) is 35.8 Å². The van der Waals surface area contributed by atoms with Gasteiger partial charge in [0.05, 0.1) is 19.2 Å². The summed E-state index contributed by atoms with van der Waals surface area (Å²) < 4.78 is 36.9. The average Bonchev–Trinajstić information content (AvgIpc) is 3.40. The molecule has 224 valence electrons. The standard InChI is InChI=1S/C28H29N3O6.CH4O3S/c29-27(30)20-7-6-19-13-22(9-8-18(19)12-20)37-28(35)24-11-10-23(36-24)16-31-25(32)14-21(15-26(33)34)17-4-2-1-3-5-17;1-5(2,3)4/h6-13H,1-5,14-16H2,(H3,29,30)(H,31,32)(H,33,34);1H3,(H,2,3,4). The molecule has 1 aromatic heterocycles. The first-order valence-electron chi connectivity index (χ1n) is 13.1. The molecular formula is C29H33N3O9S. The smallest absolute Gasteiger partial charge is 0.379 e. The monoisotopic (exact) mass is 599 g/mol. The maximum atomic E-state index is 12.6. The summed E-state index contributed by atoms with van der Waals surface area (Å²) in [4.78, 5) is 36.3. The van der Waals surface area contributed by atoms with E-state index in [-0.39, 0.29) is 36.9 Å². The molecular weight excluding hydrogens is 566 g/mol. The zero-order chi connectivity index (χ0) is 30.9. The minimum absolute atomic E-state index is 0.00726. The third-order valence-corrected chi connectivity index (χ3v) is 6.35. The van der Waals surface area contributed by atoms with Crippen molar-refractivity contribution in [3.05, 3.63) is 76.8 Å². The lowest BCUT2D eigenvalue weighted by Gasteiger charge is -2.18. The van der Waals surface area contributed by atoms with Crippen LogP contribution in [0.3, 0.4) is 0 Å². The zero-order valence-corrected chi connectivity index (χ0v) is 23.8. The van der Waals surface area contributed by atoms with Crippen molar-refractivity contribution >= 4 is 44.6 Å². The molecule has 3 aromatic rings. The molecule has 4 rings (SSSR count). The second-order valence-corrected chi connectivity index (χ2v) is 11.3. The van der Waals surface area contributed by atoms with Crippen molar-refractivity contribution in [1.82, 2.24) is 5.32 Å². The first-order chi connectivity index (χ1) is 19.8. The number of furan rings is 1. The molecule has 6 N–H and O–H groups in total. The number of esters is 1. The van der Waals surface area contributed by atoms with Crippen LogP contribution < -0.4 is 15.8 Å². The minimum Gasteiger partial charge on any atom is -0.481 e. The van der Waals surface area contributed by atoms with E-state index in [0.29, 0.717) is 28.9 Å². The van der Waals surface area contributed by atoms with E-state index in [1.807, 2.05) is 0 Å². The second-order valence-electron chi connectivity index (χ2n) is 9.82. The van der Waals surface area contributed by atoms with Crippen molar-refractivity contribution in [2.45, 2.75) is 51.5 Å². The fourth-order valence-corrected chi connectivity index (χ4v) is 4.46. The van der Waals surface area contributed by atoms with Gasteiger partial charge in [0.2, 0.25) is 11.7 Å². The quantitative estimate of drug-likeness (QED) is 0.0591. The average molecular weight is 600 g/mol. The molecule has 0 bridgehead atoms. The lowest BCUT2D eigenvalue weighted by Crippen LogP contribution is -2.23. The lowest BCUT2D eigenvalue weighted by atomic mass is 9.88. The molecule has 0 unspecified atom stereocenters. The van der Waals surface area contributed by atoms with Gasteiger partial charge >= 0.3 is 11.9 Å². The Balaban J connectivity index is 0.000000892. The largest absolute Gasteiger partial charge is 0.481 e. The SMILES string of the molecule is CS(=O)(=O)O.N=C(N)c1ccc2cc(OC(=O)c3ccc(CNC(=O)CC(CC(=O)O)=C4CCCCC4)o3)ccc2c1. The predicted octanol–water partition coefficient (Wildman–Crippen LogP) is 4.18. The third kappa shape index (κ3) is 10.5. The fourth-order valence-electron chi connectivity index (χ4n) is 4.46. The molecule has 1 aliphatic carbocycles. The molecule has 0 radical (unpaired) electrons. The topological polar surface area (TPSA) is 210 Å². The molecule has 1 saturated carbocycles. The van der Waals surface area contributed by atoms with E-state index in [2.05, 4.69) is 5.32 Å². The van der Waals surface area contributed by atoms with Crippen molar-refractivity contribution in [3.63, 3.8) is 0 Å². The van der Waals surface area contributed by atoms with Gasteiger partial charge in [-0.2, -0.15) is 8.42 Å². The summed E-state index contributed by atoms with van der Waals surface area (Å²) >= 11 is 0. The van der Waals surface area contributed by atoms with Crippen LogP contribution in [0.1, 0.15) is 66.8 Å². The zero-order valence-electron chi connectivity index (χ0n) is 23.0. The van der Waals surface area contributed by atoms with Gasteiger partial charge in [0.1, 0.15) is 17.3 Å². The molecule has 1 amide bonds. The number of nitrogen functional groups attached to an aromatic ring is 1. The number of amides is 1. The number of carbonyl (C=O) groups is 3. The third-order valence-electron chi connectivity index (χ3n) is 6.35. The molecule has 42 heavy (non-hydrogen) atoms. The summed E-state index contributed by atoms with van der Waals surface area (Å²) in [6.07, 6.45) is 5.47. The Kier molecular flexibility index (Phi) is 11.0. The number of nitrogens with two attached hydrogens (primary N) is 1. The Labute approximate surface area is 242 Å². The number of fused-ring (bicyclic) bond motifs is 1. The maximum Gasteiger partial charge on any atom is 0.379 e. The Morgan fingerprint density at radius 1 is 1.00 bits per heavy atom. The Morgan fingerprint density at radius 2 is 1.64 bits per heavy atom. The highest BCUT2D eigenvalue weighted by atomic mass is 32.2. The van der Waals surface area contributed by atoms with E-state index < -0.39 is 22.1 Å². The number of rotatable bonds is 9. The summed E-state index contributed by atoms with van der Waals surface area (Å²) in [5, 5.41) is 21.2. The van der Waals surface area contributed by atoms with E-state index in [4.69, 9.17) is 24.8 Å². The first kappa shape index (κ1) is 32.0. The molecule has 1 heterocycles. The highest BCUT2D eigenvalue weighted by molar-refractivity contribution is 7.85. The van der Waals surface area contributed by atoms with E-state index in [1.165, 1.54) is 6.07 Å². The number of hydrogen-bond acceptors (Lipinski definition) is 8. The molecule has 0 atom stereocenters. The summed E-state index contributed by atoms with van der Waals surface area (Å²) in [6, 6.07) is 13.5. The van der Waals surface area contributed by atoms with Crippen LogP contribution >= 0.6 is 0 Å². The molecule has 0 spiro atoms. The number of carboxylic acid groups (broad SMARTS) is 1. The number of carbonyl (C=O) groups excluding carboxylic acids is 2. The number of amidine groups is 1. The van der Waals surface area contributed by atoms with Crippen LogP contribution in [-0.2, 0) is 26.3 Å². The first-order valence-corrected chi connectivity index (χ1v) is 14.9. The number of nitrogens with one attached hydrogen (secondary N) is 2. The van der Waals surface area contributed by atoms with Crippen molar-refractivity contribution in [2.75, 3.05) is 6.26 Å². The molecule has 12 nitrogen and oxygen atoms in total. The molecule has 0 saturated heterocycles. The molecule has 0 aliphatic heterocycles. The van der Waals surface area contributed by atoms with Crippen LogP contribution in [0.5, 0.6) is 5.75 Å². The van der Waals surface area contributed by atoms with Gasteiger partial charge < -0.3 is 25.3 Å². The summed E-state index contributed by atoms with van der Waals surface area (Å²) in [5.74, 6) is -1.23. The second kappa shape index (κ2) is 14.4. The summed E-state index contributed by atoms with van der Waals surface area (Å²) in [7, 11) is -3.67. The number of allylic oxidation sites excluding steroid dienone is 1. The van der Waals surface area contributed by atoms with Gasteiger partial charge in [-0.25, -0.2) is 4.79 Å². The number of ether oxygens (including phenoxy) is 1. The van der Waals surface area contributed by atoms with Gasteiger partial charge in [-0.05, 0) is 66.8 Å². The van der Waals surface area contributed by atoms with Crippen molar-refractivity contribution in [1.29, 1.82) is 5.41 Å². The van der Waals surface area contributed by atoms with Crippen LogP contribution in [-0.4, -0.2) is 48.0 Å². The number of hydrogen-bond donors (Lipinski definition) is 5. The Hall–Kier alpha value is -4.49. The van der Waals surface area contributed by atoms with Crippen LogP contribution in [0.2, 0.25) is 0 Å². The van der Waals surface area contributed by atoms with E-state index >= 15 is 0 Å². The van der Waals surface area contributed by atoms with E-state index in [1.54, 1.807) is 42.5 Å². The van der Waals surface area contributed by atoms with Crippen molar-refractivity contribution < 1.29 is 41.6 Å². The molecule has 2 aromatic carbocycles. The Morgan fingerprint density at radius 3 is 2.29 bits per heavy atom. The fraction of sp³-hybridized carbons (Fsp3) is 0.310. The molecule has 1 fully saturated rings.